The average molecular weight is 315 g/mol. The van der Waals surface area contributed by atoms with E-state index in [4.69, 9.17) is 4.74 Å². The van der Waals surface area contributed by atoms with Crippen LogP contribution in [-0.4, -0.2) is 13.6 Å². The van der Waals surface area contributed by atoms with Gasteiger partial charge in [0.2, 0.25) is 0 Å². The van der Waals surface area contributed by atoms with Gasteiger partial charge in [-0.1, -0.05) is 36.4 Å². The molecule has 0 saturated carbocycles. The van der Waals surface area contributed by atoms with E-state index in [1.165, 1.54) is 0 Å². The first kappa shape index (κ1) is 15.0. The molecule has 0 fully saturated rings. The molecule has 2 aromatic carbocycles. The Labute approximate surface area is 133 Å². The molecule has 1 heterocycles. The summed E-state index contributed by atoms with van der Waals surface area (Å²) in [7, 11) is 1.93. The molecule has 3 aromatic rings. The molecule has 0 spiro atoms. The summed E-state index contributed by atoms with van der Waals surface area (Å²) in [5.74, 6) is 0.739. The Morgan fingerprint density at radius 3 is 2.73 bits per heavy atom. The van der Waals surface area contributed by atoms with E-state index in [0.29, 0.717) is 0 Å². The van der Waals surface area contributed by atoms with Crippen LogP contribution in [0, 0.1) is 5.13 Å². The van der Waals surface area contributed by atoms with Gasteiger partial charge in [-0.05, 0) is 37.4 Å². The van der Waals surface area contributed by atoms with Gasteiger partial charge in [0.1, 0.15) is 11.9 Å². The summed E-state index contributed by atoms with van der Waals surface area (Å²) in [6, 6.07) is 17.4. The number of thiophene rings is 1. The van der Waals surface area contributed by atoms with Crippen molar-refractivity contribution < 1.29 is 9.13 Å². The topological polar surface area (TPSA) is 21.3 Å². The van der Waals surface area contributed by atoms with Crippen molar-refractivity contribution in [3.8, 4) is 5.75 Å². The third kappa shape index (κ3) is 3.29. The highest BCUT2D eigenvalue weighted by atomic mass is 32.1. The molecule has 0 aliphatic heterocycles. The van der Waals surface area contributed by atoms with Crippen LogP contribution in [0.3, 0.4) is 0 Å². The number of hydrogen-bond acceptors (Lipinski definition) is 3. The van der Waals surface area contributed by atoms with Crippen LogP contribution < -0.4 is 10.1 Å². The van der Waals surface area contributed by atoms with Gasteiger partial charge in [-0.15, -0.1) is 11.3 Å². The molecular formula is C18H18FNOS. The van der Waals surface area contributed by atoms with Crippen LogP contribution in [0.2, 0.25) is 0 Å². The van der Waals surface area contributed by atoms with Crippen molar-refractivity contribution in [2.75, 3.05) is 13.6 Å². The van der Waals surface area contributed by atoms with Gasteiger partial charge in [-0.25, -0.2) is 0 Å². The number of benzene rings is 2. The summed E-state index contributed by atoms with van der Waals surface area (Å²) in [6.45, 7) is 0.855. The SMILES string of the molecule is CNCC[C@@H](Oc1cccc2sc(F)cc12)c1ccccc1. The predicted octanol–water partition coefficient (Wildman–Crippen LogP) is 4.77. The fraction of sp³-hybridized carbons (Fsp3) is 0.222. The molecule has 0 saturated heterocycles. The zero-order valence-corrected chi connectivity index (χ0v) is 13.2. The van der Waals surface area contributed by atoms with E-state index in [0.717, 1.165) is 45.7 Å². The summed E-state index contributed by atoms with van der Waals surface area (Å²) in [6.07, 6.45) is 0.797. The van der Waals surface area contributed by atoms with Crippen molar-refractivity contribution in [2.24, 2.45) is 0 Å². The highest BCUT2D eigenvalue weighted by Crippen LogP contribution is 2.35. The highest BCUT2D eigenvalue weighted by Gasteiger charge is 2.15. The third-order valence-corrected chi connectivity index (χ3v) is 4.48. The fourth-order valence-corrected chi connectivity index (χ4v) is 3.30. The van der Waals surface area contributed by atoms with Gasteiger partial charge in [-0.2, -0.15) is 4.39 Å². The Balaban J connectivity index is 1.91. The third-order valence-electron chi connectivity index (χ3n) is 3.59. The van der Waals surface area contributed by atoms with Gasteiger partial charge in [-0.3, -0.25) is 0 Å². The van der Waals surface area contributed by atoms with Gasteiger partial charge in [0.05, 0.1) is 0 Å². The maximum Gasteiger partial charge on any atom is 0.177 e. The monoisotopic (exact) mass is 315 g/mol. The van der Waals surface area contributed by atoms with E-state index in [9.17, 15) is 4.39 Å². The molecule has 0 unspecified atom stereocenters. The van der Waals surface area contributed by atoms with Crippen molar-refractivity contribution >= 4 is 21.4 Å². The molecule has 0 aliphatic carbocycles. The molecule has 22 heavy (non-hydrogen) atoms. The molecule has 0 aliphatic rings. The van der Waals surface area contributed by atoms with Crippen LogP contribution in [0.15, 0.2) is 54.6 Å². The van der Waals surface area contributed by atoms with Crippen LogP contribution in [0.4, 0.5) is 4.39 Å². The molecule has 0 radical (unpaired) electrons. The Morgan fingerprint density at radius 2 is 1.95 bits per heavy atom. The van der Waals surface area contributed by atoms with E-state index in [2.05, 4.69) is 17.4 Å². The van der Waals surface area contributed by atoms with Crippen molar-refractivity contribution in [2.45, 2.75) is 12.5 Å². The van der Waals surface area contributed by atoms with Gasteiger partial charge in [0.25, 0.3) is 0 Å². The van der Waals surface area contributed by atoms with Crippen LogP contribution >= 0.6 is 11.3 Å². The molecular weight excluding hydrogens is 297 g/mol. The molecule has 1 atom stereocenters. The maximum absolute atomic E-state index is 13.5. The lowest BCUT2D eigenvalue weighted by Gasteiger charge is -2.20. The van der Waals surface area contributed by atoms with Crippen molar-refractivity contribution in [3.63, 3.8) is 0 Å². The molecule has 4 heteroatoms. The van der Waals surface area contributed by atoms with Gasteiger partial charge in [0.15, 0.2) is 5.13 Å². The summed E-state index contributed by atoms with van der Waals surface area (Å²) in [5.41, 5.74) is 1.13. The fourth-order valence-electron chi connectivity index (χ4n) is 2.50. The molecule has 0 bridgehead atoms. The number of hydrogen-bond donors (Lipinski definition) is 1. The van der Waals surface area contributed by atoms with Crippen LogP contribution in [0.5, 0.6) is 5.75 Å². The number of halogens is 1. The molecule has 1 N–H and O–H groups in total. The first-order chi connectivity index (χ1) is 10.8. The van der Waals surface area contributed by atoms with Crippen molar-refractivity contribution in [1.82, 2.24) is 5.32 Å². The minimum atomic E-state index is -0.183. The van der Waals surface area contributed by atoms with Crippen molar-refractivity contribution in [3.05, 3.63) is 65.3 Å². The molecule has 114 valence electrons. The van der Waals surface area contributed by atoms with Crippen molar-refractivity contribution in [1.29, 1.82) is 0 Å². The van der Waals surface area contributed by atoms with E-state index in [-0.39, 0.29) is 11.2 Å². The Kier molecular flexibility index (Phi) is 4.71. The molecule has 3 rings (SSSR count). The lowest BCUT2D eigenvalue weighted by atomic mass is 10.1. The molecule has 1 aromatic heterocycles. The Hall–Kier alpha value is -1.91. The first-order valence-electron chi connectivity index (χ1n) is 7.32. The summed E-state index contributed by atoms with van der Waals surface area (Å²) in [4.78, 5) is 0. The molecule has 2 nitrogen and oxygen atoms in total. The molecule has 0 amide bonds. The van der Waals surface area contributed by atoms with Crippen LogP contribution in [-0.2, 0) is 0 Å². The Morgan fingerprint density at radius 1 is 1.14 bits per heavy atom. The van der Waals surface area contributed by atoms with Gasteiger partial charge < -0.3 is 10.1 Å². The number of rotatable bonds is 6. The largest absolute Gasteiger partial charge is 0.485 e. The average Bonchev–Trinajstić information content (AvgIpc) is 2.93. The lowest BCUT2D eigenvalue weighted by Crippen LogP contribution is -2.16. The summed E-state index contributed by atoms with van der Waals surface area (Å²) < 4.78 is 20.7. The van der Waals surface area contributed by atoms with E-state index in [1.807, 2.05) is 43.4 Å². The normalized spacial score (nSPS) is 12.5. The number of nitrogens with one attached hydrogen (secondary N) is 1. The first-order valence-corrected chi connectivity index (χ1v) is 8.14. The van der Waals surface area contributed by atoms with Crippen LogP contribution in [0.1, 0.15) is 18.1 Å². The summed E-state index contributed by atoms with van der Waals surface area (Å²) >= 11 is 1.15. The lowest BCUT2D eigenvalue weighted by molar-refractivity contribution is 0.197. The number of fused-ring (bicyclic) bond motifs is 1. The van der Waals surface area contributed by atoms with E-state index in [1.54, 1.807) is 6.07 Å². The minimum absolute atomic E-state index is 0.0535. The van der Waals surface area contributed by atoms with E-state index >= 15 is 0 Å². The summed E-state index contributed by atoms with van der Waals surface area (Å²) in [5, 5.41) is 3.82. The number of ether oxygens (including phenoxy) is 1. The standard InChI is InChI=1S/C18H18FNOS/c1-20-11-10-15(13-6-3-2-4-7-13)21-16-8-5-9-17-14(16)12-18(19)22-17/h2-9,12,15,20H,10-11H2,1H3/t15-/m1/s1. The van der Waals surface area contributed by atoms with Crippen LogP contribution in [0.25, 0.3) is 10.1 Å². The second kappa shape index (κ2) is 6.90. The Bertz CT molecular complexity index is 741. The van der Waals surface area contributed by atoms with E-state index < -0.39 is 0 Å². The minimum Gasteiger partial charge on any atom is -0.485 e. The smallest absolute Gasteiger partial charge is 0.177 e. The van der Waals surface area contributed by atoms with Gasteiger partial charge in [0, 0.05) is 16.5 Å². The highest BCUT2D eigenvalue weighted by molar-refractivity contribution is 7.17. The zero-order valence-electron chi connectivity index (χ0n) is 12.4. The quantitative estimate of drug-likeness (QED) is 0.707. The maximum atomic E-state index is 13.5. The van der Waals surface area contributed by atoms with Gasteiger partial charge >= 0.3 is 0 Å². The zero-order chi connectivity index (χ0) is 15.4. The second-order valence-electron chi connectivity index (χ2n) is 5.13. The second-order valence-corrected chi connectivity index (χ2v) is 6.16. The predicted molar refractivity (Wildman–Crippen MR) is 90.1 cm³/mol.